The Morgan fingerprint density at radius 3 is 2.71 bits per heavy atom. The molecular formula is C16H10ClFN2O4. The lowest BCUT2D eigenvalue weighted by atomic mass is 10.2. The molecule has 0 amide bonds. The lowest BCUT2D eigenvalue weighted by molar-refractivity contribution is -0.386. The summed E-state index contributed by atoms with van der Waals surface area (Å²) in [6.07, 6.45) is 1.50. The van der Waals surface area contributed by atoms with E-state index in [4.69, 9.17) is 20.8 Å². The first-order valence-electron chi connectivity index (χ1n) is 6.80. The zero-order valence-electron chi connectivity index (χ0n) is 12.1. The predicted molar refractivity (Wildman–Crippen MR) is 84.3 cm³/mol. The Kier molecular flexibility index (Phi) is 4.43. The van der Waals surface area contributed by atoms with Gasteiger partial charge in [-0.1, -0.05) is 11.6 Å². The first kappa shape index (κ1) is 15.9. The van der Waals surface area contributed by atoms with Crippen LogP contribution >= 0.6 is 11.6 Å². The highest BCUT2D eigenvalue weighted by atomic mass is 35.5. The van der Waals surface area contributed by atoms with Gasteiger partial charge in [-0.2, -0.15) is 0 Å². The molecule has 8 heteroatoms. The zero-order chi connectivity index (χ0) is 17.1. The summed E-state index contributed by atoms with van der Waals surface area (Å²) in [7, 11) is 0. The normalized spacial score (nSPS) is 10.6. The van der Waals surface area contributed by atoms with Crippen molar-refractivity contribution in [2.24, 2.45) is 0 Å². The molecule has 0 atom stereocenters. The van der Waals surface area contributed by atoms with Crippen LogP contribution in [0.2, 0.25) is 5.02 Å². The van der Waals surface area contributed by atoms with Gasteiger partial charge in [0.25, 0.3) is 0 Å². The summed E-state index contributed by atoms with van der Waals surface area (Å²) in [6.45, 7) is -0.169. The highest BCUT2D eigenvalue weighted by Crippen LogP contribution is 2.29. The number of hydrogen-bond acceptors (Lipinski definition) is 5. The summed E-state index contributed by atoms with van der Waals surface area (Å²) in [5.41, 5.74) is 0.441. The predicted octanol–water partition coefficient (Wildman–Crippen LogP) is 4.62. The summed E-state index contributed by atoms with van der Waals surface area (Å²) >= 11 is 5.82. The molecule has 0 unspecified atom stereocenters. The molecule has 0 bridgehead atoms. The van der Waals surface area contributed by atoms with Crippen LogP contribution < -0.4 is 4.74 Å². The molecular weight excluding hydrogens is 339 g/mol. The molecule has 0 aliphatic heterocycles. The van der Waals surface area contributed by atoms with Crippen molar-refractivity contribution in [1.29, 1.82) is 0 Å². The van der Waals surface area contributed by atoms with Crippen molar-refractivity contribution >= 4 is 17.3 Å². The minimum absolute atomic E-state index is 0.169. The smallest absolute Gasteiger partial charge is 0.311 e. The first-order chi connectivity index (χ1) is 11.5. The third kappa shape index (κ3) is 3.52. The van der Waals surface area contributed by atoms with Gasteiger partial charge in [-0.15, -0.1) is 0 Å². The number of aromatic nitrogens is 1. The molecule has 2 aromatic carbocycles. The fourth-order valence-electron chi connectivity index (χ4n) is 2.02. The molecule has 0 aliphatic rings. The maximum atomic E-state index is 13.2. The van der Waals surface area contributed by atoms with Gasteiger partial charge in [0, 0.05) is 22.7 Å². The standard InChI is InChI=1S/C16H10ClFN2O4/c17-11-3-1-10(2-4-11)15-8-19-16(24-15)9-23-14-7-12(18)5-6-13(14)20(21)22/h1-8H,9H2. The minimum atomic E-state index is -0.649. The third-order valence-electron chi connectivity index (χ3n) is 3.15. The molecule has 1 aromatic heterocycles. The average Bonchev–Trinajstić information content (AvgIpc) is 3.02. The van der Waals surface area contributed by atoms with E-state index in [2.05, 4.69) is 4.98 Å². The average molecular weight is 349 g/mol. The Hall–Kier alpha value is -2.93. The van der Waals surface area contributed by atoms with Crippen LogP contribution in [0.5, 0.6) is 5.75 Å². The number of benzene rings is 2. The van der Waals surface area contributed by atoms with Gasteiger partial charge < -0.3 is 9.15 Å². The Bertz CT molecular complexity index is 880. The molecule has 0 saturated heterocycles. The van der Waals surface area contributed by atoms with E-state index in [0.717, 1.165) is 23.8 Å². The maximum Gasteiger partial charge on any atom is 0.311 e. The van der Waals surface area contributed by atoms with Crippen LogP contribution in [-0.4, -0.2) is 9.91 Å². The van der Waals surface area contributed by atoms with Gasteiger partial charge in [-0.3, -0.25) is 10.1 Å². The van der Waals surface area contributed by atoms with Gasteiger partial charge >= 0.3 is 5.69 Å². The van der Waals surface area contributed by atoms with Crippen molar-refractivity contribution in [3.63, 3.8) is 0 Å². The maximum absolute atomic E-state index is 13.2. The molecule has 0 spiro atoms. The number of rotatable bonds is 5. The van der Waals surface area contributed by atoms with Crippen molar-refractivity contribution in [2.45, 2.75) is 6.61 Å². The third-order valence-corrected chi connectivity index (χ3v) is 3.40. The van der Waals surface area contributed by atoms with Crippen molar-refractivity contribution < 1.29 is 18.5 Å². The molecule has 1 heterocycles. The number of ether oxygens (including phenoxy) is 1. The summed E-state index contributed by atoms with van der Waals surface area (Å²) in [5.74, 6) is -0.117. The molecule has 6 nitrogen and oxygen atoms in total. The van der Waals surface area contributed by atoms with E-state index in [9.17, 15) is 14.5 Å². The lowest BCUT2D eigenvalue weighted by Gasteiger charge is -2.04. The van der Waals surface area contributed by atoms with E-state index in [1.807, 2.05) is 0 Å². The van der Waals surface area contributed by atoms with E-state index in [0.29, 0.717) is 10.8 Å². The number of oxazole rings is 1. The van der Waals surface area contributed by atoms with Crippen LogP contribution in [0.15, 0.2) is 53.1 Å². The fourth-order valence-corrected chi connectivity index (χ4v) is 2.14. The second-order valence-corrected chi connectivity index (χ2v) is 5.22. The van der Waals surface area contributed by atoms with E-state index >= 15 is 0 Å². The Labute approximate surface area is 140 Å². The molecule has 0 aliphatic carbocycles. The summed E-state index contributed by atoms with van der Waals surface area (Å²) in [5, 5.41) is 11.5. The van der Waals surface area contributed by atoms with Crippen molar-refractivity contribution in [3.05, 3.63) is 75.5 Å². The Balaban J connectivity index is 1.75. The SMILES string of the molecule is O=[N+]([O-])c1ccc(F)cc1OCc1ncc(-c2ccc(Cl)cc2)o1. The summed E-state index contributed by atoms with van der Waals surface area (Å²) in [4.78, 5) is 14.3. The first-order valence-corrected chi connectivity index (χ1v) is 7.18. The molecule has 122 valence electrons. The highest BCUT2D eigenvalue weighted by molar-refractivity contribution is 6.30. The molecule has 0 N–H and O–H groups in total. The largest absolute Gasteiger partial charge is 0.477 e. The molecule has 3 aromatic rings. The van der Waals surface area contributed by atoms with Crippen molar-refractivity contribution in [2.75, 3.05) is 0 Å². The molecule has 0 saturated carbocycles. The second-order valence-electron chi connectivity index (χ2n) is 4.78. The quantitative estimate of drug-likeness (QED) is 0.496. The van der Waals surface area contributed by atoms with Gasteiger partial charge in [0.05, 0.1) is 11.1 Å². The zero-order valence-corrected chi connectivity index (χ0v) is 12.9. The van der Waals surface area contributed by atoms with Gasteiger partial charge in [0.2, 0.25) is 11.6 Å². The fraction of sp³-hybridized carbons (Fsp3) is 0.0625. The van der Waals surface area contributed by atoms with E-state index in [1.165, 1.54) is 6.20 Å². The number of hydrogen-bond donors (Lipinski definition) is 0. The monoisotopic (exact) mass is 348 g/mol. The van der Waals surface area contributed by atoms with Crippen LogP contribution in [-0.2, 0) is 6.61 Å². The molecule has 0 fully saturated rings. The van der Waals surface area contributed by atoms with Gasteiger partial charge in [0.1, 0.15) is 5.82 Å². The Morgan fingerprint density at radius 1 is 1.25 bits per heavy atom. The van der Waals surface area contributed by atoms with E-state index in [1.54, 1.807) is 24.3 Å². The Morgan fingerprint density at radius 2 is 2.00 bits per heavy atom. The summed E-state index contributed by atoms with van der Waals surface area (Å²) < 4.78 is 24.0. The summed E-state index contributed by atoms with van der Waals surface area (Å²) in [6, 6.07) is 9.95. The number of halogens is 2. The van der Waals surface area contributed by atoms with Gasteiger partial charge in [0.15, 0.2) is 12.4 Å². The highest BCUT2D eigenvalue weighted by Gasteiger charge is 2.17. The van der Waals surface area contributed by atoms with Crippen molar-refractivity contribution in [3.8, 4) is 17.1 Å². The second kappa shape index (κ2) is 6.67. The topological polar surface area (TPSA) is 78.4 Å². The van der Waals surface area contributed by atoms with Crippen molar-refractivity contribution in [1.82, 2.24) is 4.98 Å². The van der Waals surface area contributed by atoms with Gasteiger partial charge in [-0.25, -0.2) is 9.37 Å². The number of nitro benzene ring substituents is 1. The van der Waals surface area contributed by atoms with Crippen LogP contribution in [0.4, 0.5) is 10.1 Å². The van der Waals surface area contributed by atoms with E-state index in [-0.39, 0.29) is 23.9 Å². The van der Waals surface area contributed by atoms with Crippen LogP contribution in [0.1, 0.15) is 5.89 Å². The van der Waals surface area contributed by atoms with Crippen LogP contribution in [0.3, 0.4) is 0 Å². The van der Waals surface area contributed by atoms with Crippen LogP contribution in [0, 0.1) is 15.9 Å². The van der Waals surface area contributed by atoms with Gasteiger partial charge in [-0.05, 0) is 30.3 Å². The number of nitrogens with zero attached hydrogens (tertiary/aromatic N) is 2. The van der Waals surface area contributed by atoms with Crippen LogP contribution in [0.25, 0.3) is 11.3 Å². The molecule has 24 heavy (non-hydrogen) atoms. The molecule has 3 rings (SSSR count). The minimum Gasteiger partial charge on any atom is -0.477 e. The number of nitro groups is 1. The molecule has 0 radical (unpaired) electrons. The van der Waals surface area contributed by atoms with E-state index < -0.39 is 10.7 Å². The lowest BCUT2D eigenvalue weighted by Crippen LogP contribution is -1.99.